The SMILES string of the molecule is CCCCCCCCCCCCC/C=C/[C@@H](O)[C@H](CI)NC(=O)CCCCCCCCCCCCCCCC. The van der Waals surface area contributed by atoms with Gasteiger partial charge in [0.1, 0.15) is 0 Å². The van der Waals surface area contributed by atoms with Crippen molar-refractivity contribution in [3.63, 3.8) is 0 Å². The zero-order chi connectivity index (χ0) is 28.7. The first-order chi connectivity index (χ1) is 19.2. The fourth-order valence-electron chi connectivity index (χ4n) is 5.27. The number of hydrogen-bond donors (Lipinski definition) is 2. The molecule has 0 bridgehead atoms. The van der Waals surface area contributed by atoms with Crippen LogP contribution < -0.4 is 5.32 Å². The predicted octanol–water partition coefficient (Wildman–Crippen LogP) is 11.4. The molecule has 0 aliphatic carbocycles. The molecule has 0 unspecified atom stereocenters. The van der Waals surface area contributed by atoms with Crippen molar-refractivity contribution in [3.05, 3.63) is 12.2 Å². The maximum Gasteiger partial charge on any atom is 0.220 e. The van der Waals surface area contributed by atoms with Gasteiger partial charge in [-0.05, 0) is 19.3 Å². The Morgan fingerprint density at radius 3 is 1.36 bits per heavy atom. The number of unbranched alkanes of at least 4 members (excludes halogenated alkanes) is 24. The standard InChI is InChI=1S/C35H68INO2/c1-3-5-7-9-11-13-15-17-19-21-23-25-27-29-31-35(39)37-33(32-36)34(38)30-28-26-24-22-20-18-16-14-12-10-8-6-4-2/h28,30,33-34,38H,3-27,29,31-32H2,1-2H3,(H,37,39)/b30-28+/t33-,34+/m0/s1. The third kappa shape index (κ3) is 29.2. The van der Waals surface area contributed by atoms with Gasteiger partial charge in [0.05, 0.1) is 12.1 Å². The van der Waals surface area contributed by atoms with Crippen molar-refractivity contribution < 1.29 is 9.90 Å². The Morgan fingerprint density at radius 1 is 0.615 bits per heavy atom. The molecule has 0 aliphatic rings. The van der Waals surface area contributed by atoms with Gasteiger partial charge in [-0.2, -0.15) is 0 Å². The van der Waals surface area contributed by atoms with Gasteiger partial charge in [0, 0.05) is 10.8 Å². The van der Waals surface area contributed by atoms with E-state index in [0.29, 0.717) is 6.42 Å². The Morgan fingerprint density at radius 2 is 0.974 bits per heavy atom. The molecule has 2 atom stereocenters. The molecule has 3 nitrogen and oxygen atoms in total. The first kappa shape index (κ1) is 38.9. The van der Waals surface area contributed by atoms with Crippen LogP contribution >= 0.6 is 22.6 Å². The lowest BCUT2D eigenvalue weighted by Gasteiger charge is -2.20. The summed E-state index contributed by atoms with van der Waals surface area (Å²) >= 11 is 2.27. The van der Waals surface area contributed by atoms with Gasteiger partial charge < -0.3 is 10.4 Å². The Balaban J connectivity index is 3.62. The summed E-state index contributed by atoms with van der Waals surface area (Å²) in [4.78, 5) is 12.4. The maximum absolute atomic E-state index is 12.4. The van der Waals surface area contributed by atoms with Crippen molar-refractivity contribution >= 4 is 28.5 Å². The molecule has 0 rings (SSSR count). The maximum atomic E-state index is 12.4. The Labute approximate surface area is 258 Å². The van der Waals surface area contributed by atoms with E-state index in [1.807, 2.05) is 6.08 Å². The summed E-state index contributed by atoms with van der Waals surface area (Å²) in [7, 11) is 0. The quantitative estimate of drug-likeness (QED) is 0.0336. The number of nitrogens with one attached hydrogen (secondary N) is 1. The molecule has 0 radical (unpaired) electrons. The van der Waals surface area contributed by atoms with Crippen molar-refractivity contribution in [1.82, 2.24) is 5.32 Å². The van der Waals surface area contributed by atoms with Gasteiger partial charge in [-0.1, -0.05) is 196 Å². The number of halogens is 1. The van der Waals surface area contributed by atoms with E-state index in [4.69, 9.17) is 0 Å². The highest BCUT2D eigenvalue weighted by molar-refractivity contribution is 14.1. The zero-order valence-electron chi connectivity index (χ0n) is 26.3. The van der Waals surface area contributed by atoms with Gasteiger partial charge in [0.25, 0.3) is 0 Å². The number of carbonyl (C=O) groups is 1. The highest BCUT2D eigenvalue weighted by Gasteiger charge is 2.17. The van der Waals surface area contributed by atoms with Crippen LogP contribution in [0.2, 0.25) is 0 Å². The van der Waals surface area contributed by atoms with E-state index in [0.717, 1.165) is 23.7 Å². The van der Waals surface area contributed by atoms with Crippen molar-refractivity contribution in [1.29, 1.82) is 0 Å². The molecular formula is C35H68INO2. The highest BCUT2D eigenvalue weighted by atomic mass is 127. The molecule has 39 heavy (non-hydrogen) atoms. The lowest BCUT2D eigenvalue weighted by Crippen LogP contribution is -2.43. The van der Waals surface area contributed by atoms with Crippen LogP contribution in [-0.4, -0.2) is 27.6 Å². The Hall–Kier alpha value is -0.100. The number of aliphatic hydroxyl groups is 1. The molecule has 0 heterocycles. The van der Waals surface area contributed by atoms with Gasteiger partial charge in [-0.25, -0.2) is 0 Å². The van der Waals surface area contributed by atoms with E-state index in [-0.39, 0.29) is 11.9 Å². The molecule has 232 valence electrons. The number of amides is 1. The normalized spacial score (nSPS) is 13.2. The monoisotopic (exact) mass is 661 g/mol. The molecule has 0 saturated carbocycles. The van der Waals surface area contributed by atoms with Crippen LogP contribution in [0.25, 0.3) is 0 Å². The van der Waals surface area contributed by atoms with Crippen molar-refractivity contribution in [2.45, 2.75) is 199 Å². The van der Waals surface area contributed by atoms with E-state index >= 15 is 0 Å². The summed E-state index contributed by atoms with van der Waals surface area (Å²) in [6, 6.07) is -0.182. The molecular weight excluding hydrogens is 593 g/mol. The second kappa shape index (κ2) is 32.4. The average molecular weight is 662 g/mol. The third-order valence-electron chi connectivity index (χ3n) is 7.99. The van der Waals surface area contributed by atoms with Crippen LogP contribution in [-0.2, 0) is 4.79 Å². The summed E-state index contributed by atoms with van der Waals surface area (Å²) in [5.41, 5.74) is 0. The summed E-state index contributed by atoms with van der Waals surface area (Å²) in [6.45, 7) is 4.56. The third-order valence-corrected chi connectivity index (χ3v) is 8.94. The molecule has 0 aromatic heterocycles. The van der Waals surface area contributed by atoms with Crippen LogP contribution in [0.15, 0.2) is 12.2 Å². The van der Waals surface area contributed by atoms with E-state index in [1.54, 1.807) is 0 Å². The lowest BCUT2D eigenvalue weighted by atomic mass is 10.0. The first-order valence-electron chi connectivity index (χ1n) is 17.4. The topological polar surface area (TPSA) is 49.3 Å². The summed E-state index contributed by atoms with van der Waals surface area (Å²) in [5, 5.41) is 13.6. The van der Waals surface area contributed by atoms with Crippen molar-refractivity contribution in [3.8, 4) is 0 Å². The fraction of sp³-hybridized carbons (Fsp3) is 0.914. The highest BCUT2D eigenvalue weighted by Crippen LogP contribution is 2.14. The van der Waals surface area contributed by atoms with Gasteiger partial charge >= 0.3 is 0 Å². The molecule has 0 aromatic carbocycles. The van der Waals surface area contributed by atoms with E-state index in [9.17, 15) is 9.90 Å². The molecule has 2 N–H and O–H groups in total. The molecule has 1 amide bonds. The van der Waals surface area contributed by atoms with Crippen LogP contribution in [0.1, 0.15) is 187 Å². The Kier molecular flexibility index (Phi) is 32.3. The van der Waals surface area contributed by atoms with E-state index in [1.165, 1.54) is 148 Å². The second-order valence-corrected chi connectivity index (χ2v) is 12.8. The first-order valence-corrected chi connectivity index (χ1v) is 18.9. The smallest absolute Gasteiger partial charge is 0.220 e. The van der Waals surface area contributed by atoms with Gasteiger partial charge in [-0.15, -0.1) is 0 Å². The number of alkyl halides is 1. The number of carbonyl (C=O) groups excluding carboxylic acids is 1. The number of aliphatic hydroxyl groups excluding tert-OH is 1. The van der Waals surface area contributed by atoms with Crippen LogP contribution in [0.5, 0.6) is 0 Å². The molecule has 0 aromatic rings. The van der Waals surface area contributed by atoms with Gasteiger partial charge in [0.2, 0.25) is 5.91 Å². The van der Waals surface area contributed by atoms with E-state index < -0.39 is 6.10 Å². The minimum atomic E-state index is -0.588. The minimum absolute atomic E-state index is 0.0911. The minimum Gasteiger partial charge on any atom is -0.387 e. The van der Waals surface area contributed by atoms with Crippen LogP contribution in [0.3, 0.4) is 0 Å². The van der Waals surface area contributed by atoms with Crippen molar-refractivity contribution in [2.24, 2.45) is 0 Å². The Bertz CT molecular complexity index is 525. The molecule has 0 saturated heterocycles. The molecule has 0 fully saturated rings. The fourth-order valence-corrected chi connectivity index (χ4v) is 6.01. The predicted molar refractivity (Wildman–Crippen MR) is 182 cm³/mol. The number of rotatable bonds is 31. The van der Waals surface area contributed by atoms with Crippen LogP contribution in [0, 0.1) is 0 Å². The summed E-state index contributed by atoms with van der Waals surface area (Å²) in [5.74, 6) is 0.0911. The van der Waals surface area contributed by atoms with Crippen molar-refractivity contribution in [2.75, 3.05) is 4.43 Å². The summed E-state index contributed by atoms with van der Waals surface area (Å²) in [6.07, 6.45) is 38.5. The van der Waals surface area contributed by atoms with Gasteiger partial charge in [0.15, 0.2) is 0 Å². The summed E-state index contributed by atoms with van der Waals surface area (Å²) < 4.78 is 0.728. The lowest BCUT2D eigenvalue weighted by molar-refractivity contribution is -0.122. The van der Waals surface area contributed by atoms with E-state index in [2.05, 4.69) is 47.8 Å². The van der Waals surface area contributed by atoms with Crippen LogP contribution in [0.4, 0.5) is 0 Å². The average Bonchev–Trinajstić information content (AvgIpc) is 2.94. The van der Waals surface area contributed by atoms with Gasteiger partial charge in [-0.3, -0.25) is 4.79 Å². The second-order valence-electron chi connectivity index (χ2n) is 11.9. The zero-order valence-corrected chi connectivity index (χ0v) is 28.5. The largest absolute Gasteiger partial charge is 0.387 e. The molecule has 0 aliphatic heterocycles. The number of allylic oxidation sites excluding steroid dienone is 1. The molecule has 0 spiro atoms. The molecule has 4 heteroatoms. The number of hydrogen-bond acceptors (Lipinski definition) is 2.